The number of non-ortho nitro benzene ring substituents is 1. The van der Waals surface area contributed by atoms with E-state index in [9.17, 15) is 14.9 Å². The zero-order valence-corrected chi connectivity index (χ0v) is 13.5. The van der Waals surface area contributed by atoms with Crippen molar-refractivity contribution in [1.29, 1.82) is 0 Å². The van der Waals surface area contributed by atoms with Gasteiger partial charge in [-0.3, -0.25) is 14.9 Å². The van der Waals surface area contributed by atoms with Gasteiger partial charge in [0.1, 0.15) is 5.75 Å². The van der Waals surface area contributed by atoms with Crippen molar-refractivity contribution < 1.29 is 23.9 Å². The van der Waals surface area contributed by atoms with Crippen LogP contribution in [0.4, 0.5) is 5.69 Å². The average Bonchev–Trinajstić information content (AvgIpc) is 2.60. The number of benzene rings is 2. The molecule has 2 aromatic carbocycles. The number of rotatable bonds is 7. The molecule has 0 aliphatic heterocycles. The maximum atomic E-state index is 12.4. The number of methoxy groups -OCH3 is 2. The lowest BCUT2D eigenvalue weighted by Gasteiger charge is -2.16. The summed E-state index contributed by atoms with van der Waals surface area (Å²) in [7, 11) is 2.96. The van der Waals surface area contributed by atoms with Crippen LogP contribution in [0, 0.1) is 10.1 Å². The van der Waals surface area contributed by atoms with Crippen LogP contribution in [-0.4, -0.2) is 31.0 Å². The van der Waals surface area contributed by atoms with Crippen LogP contribution in [0.3, 0.4) is 0 Å². The fourth-order valence-electron chi connectivity index (χ4n) is 2.11. The van der Waals surface area contributed by atoms with Gasteiger partial charge in [0, 0.05) is 11.6 Å². The summed E-state index contributed by atoms with van der Waals surface area (Å²) in [5.74, 6) is 0.836. The van der Waals surface area contributed by atoms with Crippen LogP contribution < -0.4 is 14.2 Å². The number of carbonyl (C=O) groups excluding carboxylic acids is 1. The number of nitrogens with zero attached hydrogens (tertiary/aromatic N) is 1. The van der Waals surface area contributed by atoms with E-state index in [0.717, 1.165) is 0 Å². The van der Waals surface area contributed by atoms with Gasteiger partial charge in [0.15, 0.2) is 17.6 Å². The minimum atomic E-state index is -0.839. The van der Waals surface area contributed by atoms with Gasteiger partial charge in [0.25, 0.3) is 5.69 Å². The lowest BCUT2D eigenvalue weighted by atomic mass is 10.1. The van der Waals surface area contributed by atoms with Crippen molar-refractivity contribution in [3.63, 3.8) is 0 Å². The van der Waals surface area contributed by atoms with Gasteiger partial charge in [-0.1, -0.05) is 0 Å². The summed E-state index contributed by atoms with van der Waals surface area (Å²) in [6, 6.07) is 10.6. The van der Waals surface area contributed by atoms with E-state index in [0.29, 0.717) is 17.1 Å². The maximum absolute atomic E-state index is 12.4. The molecule has 0 heterocycles. The molecule has 7 nitrogen and oxygen atoms in total. The van der Waals surface area contributed by atoms with Crippen LogP contribution in [0.25, 0.3) is 0 Å². The fourth-order valence-corrected chi connectivity index (χ4v) is 2.11. The predicted octanol–water partition coefficient (Wildman–Crippen LogP) is 3.26. The van der Waals surface area contributed by atoms with Crippen LogP contribution in [0.2, 0.25) is 0 Å². The number of hydrogen-bond donors (Lipinski definition) is 0. The summed E-state index contributed by atoms with van der Waals surface area (Å²) in [5, 5.41) is 10.9. The van der Waals surface area contributed by atoms with E-state index in [1.54, 1.807) is 31.2 Å². The molecule has 2 rings (SSSR count). The monoisotopic (exact) mass is 331 g/mol. The van der Waals surface area contributed by atoms with Gasteiger partial charge < -0.3 is 14.2 Å². The first-order chi connectivity index (χ1) is 11.5. The Morgan fingerprint density at radius 3 is 2.25 bits per heavy atom. The van der Waals surface area contributed by atoms with Crippen LogP contribution >= 0.6 is 0 Å². The summed E-state index contributed by atoms with van der Waals surface area (Å²) in [5.41, 5.74) is 0.308. The number of ketones is 1. The van der Waals surface area contributed by atoms with Crippen molar-refractivity contribution in [1.82, 2.24) is 0 Å². The molecule has 126 valence electrons. The van der Waals surface area contributed by atoms with E-state index in [1.165, 1.54) is 32.4 Å². The predicted molar refractivity (Wildman–Crippen MR) is 87.1 cm³/mol. The Labute approximate surface area is 138 Å². The third kappa shape index (κ3) is 3.81. The minimum Gasteiger partial charge on any atom is -0.497 e. The minimum absolute atomic E-state index is 0.140. The Morgan fingerprint density at radius 1 is 1.04 bits per heavy atom. The molecule has 0 aliphatic rings. The Kier molecular flexibility index (Phi) is 5.36. The molecule has 0 aliphatic carbocycles. The van der Waals surface area contributed by atoms with Crippen molar-refractivity contribution >= 4 is 11.5 Å². The van der Waals surface area contributed by atoms with Gasteiger partial charge in [-0.15, -0.1) is 0 Å². The molecule has 0 radical (unpaired) electrons. The molecule has 0 amide bonds. The molecule has 0 aromatic heterocycles. The lowest BCUT2D eigenvalue weighted by Crippen LogP contribution is -2.24. The van der Waals surface area contributed by atoms with Crippen LogP contribution in [0.1, 0.15) is 17.3 Å². The lowest BCUT2D eigenvalue weighted by molar-refractivity contribution is -0.385. The zero-order chi connectivity index (χ0) is 17.7. The van der Waals surface area contributed by atoms with Gasteiger partial charge in [-0.05, 0) is 37.3 Å². The number of nitro groups is 1. The van der Waals surface area contributed by atoms with Crippen LogP contribution in [0.5, 0.6) is 17.2 Å². The molecule has 0 saturated carbocycles. The van der Waals surface area contributed by atoms with Crippen LogP contribution in [-0.2, 0) is 0 Å². The van der Waals surface area contributed by atoms with Gasteiger partial charge >= 0.3 is 0 Å². The maximum Gasteiger partial charge on any atom is 0.273 e. The molecule has 0 fully saturated rings. The zero-order valence-electron chi connectivity index (χ0n) is 13.5. The van der Waals surface area contributed by atoms with Crippen molar-refractivity contribution in [2.75, 3.05) is 14.2 Å². The Morgan fingerprint density at radius 2 is 1.71 bits per heavy atom. The van der Waals surface area contributed by atoms with E-state index < -0.39 is 11.0 Å². The average molecular weight is 331 g/mol. The molecule has 1 atom stereocenters. The van der Waals surface area contributed by atoms with E-state index in [1.807, 2.05) is 0 Å². The third-order valence-corrected chi connectivity index (χ3v) is 3.41. The summed E-state index contributed by atoms with van der Waals surface area (Å²) in [6.07, 6.45) is -0.839. The van der Waals surface area contributed by atoms with Gasteiger partial charge in [0.2, 0.25) is 5.78 Å². The van der Waals surface area contributed by atoms with E-state index >= 15 is 0 Å². The molecule has 7 heteroatoms. The highest BCUT2D eigenvalue weighted by molar-refractivity contribution is 5.99. The molecular weight excluding hydrogens is 314 g/mol. The summed E-state index contributed by atoms with van der Waals surface area (Å²) >= 11 is 0. The first kappa shape index (κ1) is 17.3. The summed E-state index contributed by atoms with van der Waals surface area (Å²) < 4.78 is 15.8. The highest BCUT2D eigenvalue weighted by Gasteiger charge is 2.20. The fraction of sp³-hybridized carbons (Fsp3) is 0.235. The molecule has 0 unspecified atom stereocenters. The van der Waals surface area contributed by atoms with Gasteiger partial charge in [-0.25, -0.2) is 0 Å². The molecule has 0 N–H and O–H groups in total. The second kappa shape index (κ2) is 7.45. The second-order valence-electron chi connectivity index (χ2n) is 4.95. The first-order valence-corrected chi connectivity index (χ1v) is 7.13. The van der Waals surface area contributed by atoms with Crippen molar-refractivity contribution in [3.8, 4) is 17.2 Å². The quantitative estimate of drug-likeness (QED) is 0.439. The summed E-state index contributed by atoms with van der Waals surface area (Å²) in [6.45, 7) is 1.57. The van der Waals surface area contributed by atoms with Crippen molar-refractivity contribution in [2.24, 2.45) is 0 Å². The smallest absolute Gasteiger partial charge is 0.273 e. The second-order valence-corrected chi connectivity index (χ2v) is 4.95. The Hall–Kier alpha value is -3.09. The molecule has 0 saturated heterocycles. The molecule has 24 heavy (non-hydrogen) atoms. The molecular formula is C17H17NO6. The number of hydrogen-bond acceptors (Lipinski definition) is 6. The molecule has 2 aromatic rings. The van der Waals surface area contributed by atoms with E-state index in [4.69, 9.17) is 14.2 Å². The Bertz CT molecular complexity index is 741. The molecule has 0 spiro atoms. The number of ether oxygens (including phenoxy) is 3. The van der Waals surface area contributed by atoms with Crippen LogP contribution in [0.15, 0.2) is 42.5 Å². The number of Topliss-reactive ketones (excluding diaryl/α,β-unsaturated/α-hetero) is 1. The van der Waals surface area contributed by atoms with Crippen molar-refractivity contribution in [2.45, 2.75) is 13.0 Å². The summed E-state index contributed by atoms with van der Waals surface area (Å²) in [4.78, 5) is 22.8. The first-order valence-electron chi connectivity index (χ1n) is 7.13. The normalized spacial score (nSPS) is 11.5. The van der Waals surface area contributed by atoms with E-state index in [-0.39, 0.29) is 17.2 Å². The third-order valence-electron chi connectivity index (χ3n) is 3.41. The largest absolute Gasteiger partial charge is 0.497 e. The topological polar surface area (TPSA) is 87.9 Å². The van der Waals surface area contributed by atoms with Gasteiger partial charge in [0.05, 0.1) is 25.2 Å². The molecule has 0 bridgehead atoms. The highest BCUT2D eigenvalue weighted by Crippen LogP contribution is 2.32. The number of nitro benzene ring substituents is 1. The Balaban J connectivity index is 2.21. The van der Waals surface area contributed by atoms with Gasteiger partial charge in [-0.2, -0.15) is 0 Å². The van der Waals surface area contributed by atoms with Crippen molar-refractivity contribution in [3.05, 3.63) is 58.1 Å². The standard InChI is InChI=1S/C17H17NO6/c1-11(17(19)12-4-7-14(22-2)8-5-12)24-16-10-13(18(20)21)6-9-15(16)23-3/h4-11H,1-3H3/t11-/m1/s1. The number of carbonyl (C=O) groups is 1. The van der Waals surface area contributed by atoms with E-state index in [2.05, 4.69) is 0 Å². The SMILES string of the molecule is COc1ccc(C(=O)[C@@H](C)Oc2cc([N+](=O)[O-])ccc2OC)cc1. The highest BCUT2D eigenvalue weighted by atomic mass is 16.6.